The lowest BCUT2D eigenvalue weighted by atomic mass is 10.2. The molecule has 0 saturated heterocycles. The number of esters is 1. The van der Waals surface area contributed by atoms with E-state index in [-0.39, 0.29) is 23.4 Å². The largest absolute Gasteiger partial charge is 0.459 e. The minimum atomic E-state index is -1.11. The van der Waals surface area contributed by atoms with Crippen LogP contribution in [0.1, 0.15) is 16.1 Å². The Hall–Kier alpha value is -2.58. The Kier molecular flexibility index (Phi) is 4.87. The Morgan fingerprint density at radius 1 is 1.35 bits per heavy atom. The van der Waals surface area contributed by atoms with E-state index in [1.807, 2.05) is 0 Å². The van der Waals surface area contributed by atoms with Crippen molar-refractivity contribution in [3.63, 3.8) is 0 Å². The van der Waals surface area contributed by atoms with Crippen molar-refractivity contribution >= 4 is 11.7 Å². The molecule has 23 heavy (non-hydrogen) atoms. The lowest BCUT2D eigenvalue weighted by molar-refractivity contribution is 0.00933. The molecule has 2 aromatic rings. The van der Waals surface area contributed by atoms with Crippen LogP contribution in [0.5, 0.6) is 0 Å². The van der Waals surface area contributed by atoms with Gasteiger partial charge in [-0.05, 0) is 31.2 Å². The zero-order valence-electron chi connectivity index (χ0n) is 12.9. The fourth-order valence-electron chi connectivity index (χ4n) is 2.07. The molecule has 0 saturated carbocycles. The first-order valence-corrected chi connectivity index (χ1v) is 6.97. The number of carbonyl (C=O) groups is 1. The van der Waals surface area contributed by atoms with Gasteiger partial charge in [-0.3, -0.25) is 9.48 Å². The Balaban J connectivity index is 2.22. The van der Waals surface area contributed by atoms with E-state index in [0.29, 0.717) is 11.4 Å². The van der Waals surface area contributed by atoms with Gasteiger partial charge in [-0.15, -0.1) is 0 Å². The number of nitrogens with zero attached hydrogens (tertiary/aromatic N) is 2. The van der Waals surface area contributed by atoms with Crippen LogP contribution in [0, 0.1) is 6.92 Å². The van der Waals surface area contributed by atoms with Gasteiger partial charge in [0.25, 0.3) is 5.56 Å². The summed E-state index contributed by atoms with van der Waals surface area (Å²) in [5, 5.41) is 17.8. The standard InChI is InChI=1S/C15H19N3O5/c1-9-13(16)14(21)18(17(9)2)11-5-3-10(4-6-11)15(22)23-8-12(20)7-19/h3-6,12,19-20H,7-8,16H2,1-2H3. The van der Waals surface area contributed by atoms with Crippen LogP contribution in [-0.4, -0.2) is 44.9 Å². The van der Waals surface area contributed by atoms with Crippen LogP contribution in [0.4, 0.5) is 5.69 Å². The summed E-state index contributed by atoms with van der Waals surface area (Å²) in [4.78, 5) is 23.9. The van der Waals surface area contributed by atoms with E-state index in [9.17, 15) is 9.59 Å². The predicted molar refractivity (Wildman–Crippen MR) is 83.5 cm³/mol. The highest BCUT2D eigenvalue weighted by Crippen LogP contribution is 2.13. The number of hydrogen-bond donors (Lipinski definition) is 3. The molecule has 1 aromatic heterocycles. The van der Waals surface area contributed by atoms with Crippen molar-refractivity contribution in [1.82, 2.24) is 9.36 Å². The van der Waals surface area contributed by atoms with Crippen molar-refractivity contribution in [3.8, 4) is 5.69 Å². The summed E-state index contributed by atoms with van der Waals surface area (Å²) in [5.74, 6) is -0.626. The zero-order chi connectivity index (χ0) is 17.1. The molecule has 0 radical (unpaired) electrons. The van der Waals surface area contributed by atoms with Gasteiger partial charge in [0, 0.05) is 7.05 Å². The Morgan fingerprint density at radius 3 is 2.43 bits per heavy atom. The van der Waals surface area contributed by atoms with Gasteiger partial charge in [0.2, 0.25) is 0 Å². The van der Waals surface area contributed by atoms with Crippen LogP contribution in [0.15, 0.2) is 29.1 Å². The fourth-order valence-corrected chi connectivity index (χ4v) is 2.07. The number of hydrogen-bond acceptors (Lipinski definition) is 6. The van der Waals surface area contributed by atoms with Gasteiger partial charge in [0.05, 0.1) is 23.6 Å². The van der Waals surface area contributed by atoms with Crippen LogP contribution < -0.4 is 11.3 Å². The lowest BCUT2D eigenvalue weighted by Gasteiger charge is -2.10. The molecule has 1 heterocycles. The van der Waals surface area contributed by atoms with E-state index in [1.54, 1.807) is 30.8 Å². The predicted octanol–water partition coefficient (Wildman–Crippen LogP) is -0.423. The smallest absolute Gasteiger partial charge is 0.338 e. The van der Waals surface area contributed by atoms with Gasteiger partial charge in [0.1, 0.15) is 18.4 Å². The van der Waals surface area contributed by atoms with Crippen molar-refractivity contribution in [3.05, 3.63) is 45.9 Å². The molecular weight excluding hydrogens is 302 g/mol. The second-order valence-electron chi connectivity index (χ2n) is 5.12. The van der Waals surface area contributed by atoms with Gasteiger partial charge in [-0.1, -0.05) is 0 Å². The number of aliphatic hydroxyl groups excluding tert-OH is 2. The molecule has 0 aliphatic heterocycles. The SMILES string of the molecule is Cc1c(N)c(=O)n(-c2ccc(C(=O)OCC(O)CO)cc2)n1C. The summed E-state index contributed by atoms with van der Waals surface area (Å²) < 4.78 is 7.88. The second-order valence-corrected chi connectivity index (χ2v) is 5.12. The van der Waals surface area contributed by atoms with Gasteiger partial charge >= 0.3 is 5.97 Å². The molecule has 1 unspecified atom stereocenters. The molecule has 1 aromatic carbocycles. The average molecular weight is 321 g/mol. The minimum absolute atomic E-state index is 0.175. The van der Waals surface area contributed by atoms with Crippen LogP contribution in [0.2, 0.25) is 0 Å². The maximum absolute atomic E-state index is 12.1. The molecular formula is C15H19N3O5. The number of aliphatic hydroxyl groups is 2. The molecule has 0 bridgehead atoms. The van der Waals surface area contributed by atoms with E-state index < -0.39 is 18.7 Å². The van der Waals surface area contributed by atoms with Gasteiger partial charge < -0.3 is 20.7 Å². The highest BCUT2D eigenvalue weighted by atomic mass is 16.5. The third-order valence-corrected chi connectivity index (χ3v) is 3.56. The number of nitrogens with two attached hydrogens (primary N) is 1. The summed E-state index contributed by atoms with van der Waals surface area (Å²) in [6.07, 6.45) is -1.11. The first kappa shape index (κ1) is 16.8. The highest BCUT2D eigenvalue weighted by Gasteiger charge is 2.14. The van der Waals surface area contributed by atoms with Crippen molar-refractivity contribution in [1.29, 1.82) is 0 Å². The van der Waals surface area contributed by atoms with Crippen molar-refractivity contribution < 1.29 is 19.7 Å². The van der Waals surface area contributed by atoms with Gasteiger partial charge in [-0.2, -0.15) is 0 Å². The van der Waals surface area contributed by atoms with Crippen LogP contribution in [-0.2, 0) is 11.8 Å². The maximum atomic E-state index is 12.1. The van der Waals surface area contributed by atoms with Gasteiger partial charge in [-0.25, -0.2) is 9.48 Å². The highest BCUT2D eigenvalue weighted by molar-refractivity contribution is 5.89. The number of nitrogen functional groups attached to an aromatic ring is 1. The van der Waals surface area contributed by atoms with Crippen LogP contribution in [0.25, 0.3) is 5.69 Å². The Labute approximate surface area is 132 Å². The molecule has 8 heteroatoms. The van der Waals surface area contributed by atoms with E-state index in [1.165, 1.54) is 16.8 Å². The number of benzene rings is 1. The van der Waals surface area contributed by atoms with E-state index in [2.05, 4.69) is 0 Å². The summed E-state index contributed by atoms with van der Waals surface area (Å²) in [6, 6.07) is 6.21. The first-order valence-electron chi connectivity index (χ1n) is 6.97. The molecule has 0 spiro atoms. The van der Waals surface area contributed by atoms with Crippen molar-refractivity contribution in [2.75, 3.05) is 18.9 Å². The zero-order valence-corrected chi connectivity index (χ0v) is 12.9. The van der Waals surface area contributed by atoms with E-state index >= 15 is 0 Å². The molecule has 0 amide bonds. The van der Waals surface area contributed by atoms with Gasteiger partial charge in [0.15, 0.2) is 0 Å². The summed E-state index contributed by atoms with van der Waals surface area (Å²) >= 11 is 0. The van der Waals surface area contributed by atoms with Crippen molar-refractivity contribution in [2.45, 2.75) is 13.0 Å². The maximum Gasteiger partial charge on any atom is 0.338 e. The molecule has 0 fully saturated rings. The Bertz CT molecular complexity index is 761. The summed E-state index contributed by atoms with van der Waals surface area (Å²) in [7, 11) is 1.71. The lowest BCUT2D eigenvalue weighted by Crippen LogP contribution is -2.22. The van der Waals surface area contributed by atoms with E-state index in [0.717, 1.165) is 0 Å². The second kappa shape index (κ2) is 6.67. The monoisotopic (exact) mass is 321 g/mol. The third-order valence-electron chi connectivity index (χ3n) is 3.56. The normalized spacial score (nSPS) is 12.2. The minimum Gasteiger partial charge on any atom is -0.459 e. The first-order chi connectivity index (χ1) is 10.9. The summed E-state index contributed by atoms with van der Waals surface area (Å²) in [6.45, 7) is 0.971. The number of carbonyl (C=O) groups excluding carboxylic acids is 1. The molecule has 0 aliphatic rings. The number of anilines is 1. The molecule has 124 valence electrons. The number of ether oxygens (including phenoxy) is 1. The Morgan fingerprint density at radius 2 is 1.96 bits per heavy atom. The third kappa shape index (κ3) is 3.27. The molecule has 0 aliphatic carbocycles. The molecule has 8 nitrogen and oxygen atoms in total. The fraction of sp³-hybridized carbons (Fsp3) is 0.333. The van der Waals surface area contributed by atoms with Crippen molar-refractivity contribution in [2.24, 2.45) is 7.05 Å². The number of rotatable bonds is 5. The molecule has 1 atom stereocenters. The topological polar surface area (TPSA) is 120 Å². The van der Waals surface area contributed by atoms with E-state index in [4.69, 9.17) is 20.7 Å². The van der Waals surface area contributed by atoms with Crippen LogP contribution in [0.3, 0.4) is 0 Å². The van der Waals surface area contributed by atoms with Crippen LogP contribution >= 0.6 is 0 Å². The summed E-state index contributed by atoms with van der Waals surface area (Å²) in [5.41, 5.74) is 7.05. The number of aromatic nitrogens is 2. The average Bonchev–Trinajstić information content (AvgIpc) is 2.76. The quantitative estimate of drug-likeness (QED) is 0.643. The molecule has 2 rings (SSSR count). The molecule has 4 N–H and O–H groups in total.